The first kappa shape index (κ1) is 13.4. The first-order chi connectivity index (χ1) is 8.63. The largest absolute Gasteiger partial charge is 0.318 e. The number of alkyl halides is 2. The van der Waals surface area contributed by atoms with Crippen LogP contribution in [-0.4, -0.2) is 37.6 Å². The van der Waals surface area contributed by atoms with Crippen LogP contribution in [0, 0.1) is 0 Å². The fraction of sp³-hybridized carbons (Fsp3) is 0.571. The minimum absolute atomic E-state index is 0.111. The van der Waals surface area contributed by atoms with Crippen LogP contribution in [0.3, 0.4) is 0 Å². The van der Waals surface area contributed by atoms with Crippen molar-refractivity contribution in [3.05, 3.63) is 35.9 Å². The summed E-state index contributed by atoms with van der Waals surface area (Å²) in [5, 5.41) is 3.08. The highest BCUT2D eigenvalue weighted by Gasteiger charge is 2.37. The lowest BCUT2D eigenvalue weighted by Crippen LogP contribution is -2.42. The third-order valence-corrected chi connectivity index (χ3v) is 3.54. The molecule has 0 bridgehead atoms. The van der Waals surface area contributed by atoms with Crippen LogP contribution in [0.1, 0.15) is 18.4 Å². The van der Waals surface area contributed by atoms with Gasteiger partial charge in [-0.25, -0.2) is 0 Å². The summed E-state index contributed by atoms with van der Waals surface area (Å²) in [5.74, 6) is -2.77. The molecule has 0 radical (unpaired) electrons. The van der Waals surface area contributed by atoms with E-state index < -0.39 is 5.92 Å². The molecule has 1 N–H and O–H groups in total. The van der Waals surface area contributed by atoms with Crippen LogP contribution >= 0.6 is 0 Å². The molecule has 100 valence electrons. The average Bonchev–Trinajstić information content (AvgIpc) is 2.78. The van der Waals surface area contributed by atoms with E-state index in [0.717, 1.165) is 25.9 Å². The van der Waals surface area contributed by atoms with Crippen molar-refractivity contribution >= 4 is 0 Å². The summed E-state index contributed by atoms with van der Waals surface area (Å²) in [6, 6.07) is 8.34. The molecule has 4 heteroatoms. The smallest absolute Gasteiger partial charge is 0.285 e. The number of likely N-dealkylation sites (tertiary alicyclic amines) is 1. The fourth-order valence-electron chi connectivity index (χ4n) is 2.60. The van der Waals surface area contributed by atoms with Crippen molar-refractivity contribution in [3.8, 4) is 0 Å². The molecule has 2 nitrogen and oxygen atoms in total. The van der Waals surface area contributed by atoms with Crippen LogP contribution < -0.4 is 5.32 Å². The van der Waals surface area contributed by atoms with Crippen molar-refractivity contribution in [3.63, 3.8) is 0 Å². The number of hydrogen-bond acceptors (Lipinski definition) is 2. The molecule has 1 fully saturated rings. The Balaban J connectivity index is 2.03. The van der Waals surface area contributed by atoms with E-state index in [1.54, 1.807) is 18.2 Å². The third kappa shape index (κ3) is 3.06. The average molecular weight is 254 g/mol. The lowest BCUT2D eigenvalue weighted by molar-refractivity contribution is -0.0406. The van der Waals surface area contributed by atoms with Gasteiger partial charge in [0.2, 0.25) is 0 Å². The van der Waals surface area contributed by atoms with Crippen molar-refractivity contribution in [2.45, 2.75) is 24.8 Å². The Morgan fingerprint density at radius 3 is 2.72 bits per heavy atom. The van der Waals surface area contributed by atoms with Gasteiger partial charge in [0, 0.05) is 18.2 Å². The molecule has 1 aromatic rings. The van der Waals surface area contributed by atoms with Gasteiger partial charge in [0.15, 0.2) is 0 Å². The fourth-order valence-corrected chi connectivity index (χ4v) is 2.60. The molecule has 1 aliphatic rings. The molecule has 0 amide bonds. The van der Waals surface area contributed by atoms with Gasteiger partial charge in [0.1, 0.15) is 0 Å². The van der Waals surface area contributed by atoms with Crippen molar-refractivity contribution in [2.75, 3.05) is 26.7 Å². The summed E-state index contributed by atoms with van der Waals surface area (Å²) < 4.78 is 28.3. The second kappa shape index (κ2) is 5.76. The van der Waals surface area contributed by atoms with E-state index in [1.165, 1.54) is 12.1 Å². The molecule has 1 aromatic carbocycles. The number of benzene rings is 1. The Morgan fingerprint density at radius 1 is 1.33 bits per heavy atom. The maximum Gasteiger partial charge on any atom is 0.285 e. The second-order valence-electron chi connectivity index (χ2n) is 4.89. The van der Waals surface area contributed by atoms with E-state index in [2.05, 4.69) is 5.32 Å². The van der Waals surface area contributed by atoms with Gasteiger partial charge < -0.3 is 5.32 Å². The molecule has 0 aliphatic carbocycles. The van der Waals surface area contributed by atoms with Gasteiger partial charge in [-0.2, -0.15) is 8.78 Å². The molecule has 1 saturated heterocycles. The lowest BCUT2D eigenvalue weighted by Gasteiger charge is -2.28. The van der Waals surface area contributed by atoms with Crippen LogP contribution in [0.2, 0.25) is 0 Å². The Bertz CT molecular complexity index is 367. The van der Waals surface area contributed by atoms with Gasteiger partial charge >= 0.3 is 0 Å². The van der Waals surface area contributed by atoms with Crippen molar-refractivity contribution < 1.29 is 8.78 Å². The van der Waals surface area contributed by atoms with Gasteiger partial charge in [0.25, 0.3) is 5.92 Å². The molecule has 0 aromatic heterocycles. The lowest BCUT2D eigenvalue weighted by atomic mass is 10.1. The van der Waals surface area contributed by atoms with Crippen molar-refractivity contribution in [1.29, 1.82) is 0 Å². The normalized spacial score (nSPS) is 21.4. The Kier molecular flexibility index (Phi) is 4.30. The summed E-state index contributed by atoms with van der Waals surface area (Å²) in [4.78, 5) is 1.91. The number of hydrogen-bond donors (Lipinski definition) is 1. The van der Waals surface area contributed by atoms with Crippen LogP contribution in [0.5, 0.6) is 0 Å². The van der Waals surface area contributed by atoms with Gasteiger partial charge in [-0.05, 0) is 26.4 Å². The predicted molar refractivity (Wildman–Crippen MR) is 68.9 cm³/mol. The molecular formula is C14H20F2N2. The van der Waals surface area contributed by atoms with Crippen molar-refractivity contribution in [1.82, 2.24) is 10.2 Å². The molecule has 0 spiro atoms. The molecular weight excluding hydrogens is 234 g/mol. The maximum atomic E-state index is 14.2. The molecule has 2 rings (SSSR count). The predicted octanol–water partition coefficient (Wildman–Crippen LogP) is 2.46. The maximum absolute atomic E-state index is 14.2. The number of nitrogens with zero attached hydrogens (tertiary/aromatic N) is 1. The van der Waals surface area contributed by atoms with Crippen LogP contribution in [-0.2, 0) is 5.92 Å². The quantitative estimate of drug-likeness (QED) is 0.868. The summed E-state index contributed by atoms with van der Waals surface area (Å²) in [6.07, 6.45) is 2.02. The Hall–Kier alpha value is -1.00. The van der Waals surface area contributed by atoms with Crippen molar-refractivity contribution in [2.24, 2.45) is 0 Å². The summed E-state index contributed by atoms with van der Waals surface area (Å²) in [7, 11) is 1.87. The van der Waals surface area contributed by atoms with Crippen LogP contribution in [0.25, 0.3) is 0 Å². The minimum Gasteiger partial charge on any atom is -0.318 e. The van der Waals surface area contributed by atoms with Gasteiger partial charge in [0.05, 0.1) is 6.54 Å². The van der Waals surface area contributed by atoms with E-state index in [4.69, 9.17) is 0 Å². The topological polar surface area (TPSA) is 15.3 Å². The van der Waals surface area contributed by atoms with Crippen LogP contribution in [0.4, 0.5) is 8.78 Å². The summed E-state index contributed by atoms with van der Waals surface area (Å²) in [6.45, 7) is 1.38. The molecule has 1 unspecified atom stereocenters. The highest BCUT2D eigenvalue weighted by Crippen LogP contribution is 2.31. The Labute approximate surface area is 107 Å². The zero-order valence-corrected chi connectivity index (χ0v) is 10.7. The number of halogens is 2. The standard InChI is InChI=1S/C14H20F2N2/c1-17-10-13-8-5-9-18(13)11-14(15,16)12-6-3-2-4-7-12/h2-4,6-7,13,17H,5,8-11H2,1H3. The molecule has 1 atom stereocenters. The highest BCUT2D eigenvalue weighted by molar-refractivity contribution is 5.20. The Morgan fingerprint density at radius 2 is 2.06 bits per heavy atom. The molecule has 0 saturated carbocycles. The SMILES string of the molecule is CNCC1CCCN1CC(F)(F)c1ccccc1. The number of rotatable bonds is 5. The van der Waals surface area contributed by atoms with E-state index in [9.17, 15) is 8.78 Å². The first-order valence-corrected chi connectivity index (χ1v) is 6.45. The van der Waals surface area contributed by atoms with Gasteiger partial charge in [-0.1, -0.05) is 30.3 Å². The number of likely N-dealkylation sites (N-methyl/N-ethyl adjacent to an activating group) is 1. The highest BCUT2D eigenvalue weighted by atomic mass is 19.3. The van der Waals surface area contributed by atoms with E-state index in [1.807, 2.05) is 11.9 Å². The minimum atomic E-state index is -2.77. The van der Waals surface area contributed by atoms with E-state index in [0.29, 0.717) is 0 Å². The van der Waals surface area contributed by atoms with Crippen LogP contribution in [0.15, 0.2) is 30.3 Å². The molecule has 1 aliphatic heterocycles. The summed E-state index contributed by atoms with van der Waals surface area (Å²) >= 11 is 0. The molecule has 1 heterocycles. The monoisotopic (exact) mass is 254 g/mol. The first-order valence-electron chi connectivity index (χ1n) is 6.45. The van der Waals surface area contributed by atoms with E-state index in [-0.39, 0.29) is 18.2 Å². The second-order valence-corrected chi connectivity index (χ2v) is 4.89. The zero-order chi connectivity index (χ0) is 13.0. The van der Waals surface area contributed by atoms with E-state index >= 15 is 0 Å². The van der Waals surface area contributed by atoms with Gasteiger partial charge in [-0.15, -0.1) is 0 Å². The summed E-state index contributed by atoms with van der Waals surface area (Å²) in [5.41, 5.74) is 0.111. The van der Waals surface area contributed by atoms with Gasteiger partial charge in [-0.3, -0.25) is 4.90 Å². The zero-order valence-electron chi connectivity index (χ0n) is 10.7. The third-order valence-electron chi connectivity index (χ3n) is 3.54. The molecule has 18 heavy (non-hydrogen) atoms. The number of nitrogens with one attached hydrogen (secondary N) is 1.